The van der Waals surface area contributed by atoms with E-state index in [2.05, 4.69) is 25.5 Å². The fourth-order valence-corrected chi connectivity index (χ4v) is 3.49. The number of hydrogen-bond donors (Lipinski definition) is 2. The zero-order chi connectivity index (χ0) is 19.2. The Morgan fingerprint density at radius 2 is 1.64 bits per heavy atom. The first-order valence-electron chi connectivity index (χ1n) is 9.54. The van der Waals surface area contributed by atoms with Crippen LogP contribution in [0.3, 0.4) is 0 Å². The number of nitrogens with zero attached hydrogens (tertiary/aromatic N) is 3. The van der Waals surface area contributed by atoms with Crippen LogP contribution in [0.2, 0.25) is 0 Å². The molecule has 0 radical (unpaired) electrons. The Bertz CT molecular complexity index is 871. The third-order valence-corrected chi connectivity index (χ3v) is 4.83. The van der Waals surface area contributed by atoms with E-state index < -0.39 is 0 Å². The number of benzene rings is 1. The highest BCUT2D eigenvalue weighted by Crippen LogP contribution is 2.26. The molecular formula is C22H23N5O. The topological polar surface area (TPSA) is 70.2 Å². The van der Waals surface area contributed by atoms with Crippen molar-refractivity contribution in [3.05, 3.63) is 84.3 Å². The number of rotatable bonds is 5. The Hall–Kier alpha value is -3.41. The van der Waals surface area contributed by atoms with Crippen molar-refractivity contribution in [1.82, 2.24) is 15.3 Å². The van der Waals surface area contributed by atoms with Gasteiger partial charge in [-0.3, -0.25) is 4.98 Å². The van der Waals surface area contributed by atoms with E-state index in [0.717, 1.165) is 48.7 Å². The monoisotopic (exact) mass is 373 g/mol. The van der Waals surface area contributed by atoms with Crippen LogP contribution in [0.4, 0.5) is 16.3 Å². The summed E-state index contributed by atoms with van der Waals surface area (Å²) in [7, 11) is 0. The van der Waals surface area contributed by atoms with Gasteiger partial charge < -0.3 is 15.5 Å². The second-order valence-corrected chi connectivity index (χ2v) is 6.77. The van der Waals surface area contributed by atoms with Crippen LogP contribution in [-0.4, -0.2) is 29.1 Å². The molecule has 2 amide bonds. The number of nitrogens with one attached hydrogen (secondary N) is 2. The van der Waals surface area contributed by atoms with E-state index in [0.29, 0.717) is 0 Å². The van der Waals surface area contributed by atoms with Crippen LogP contribution >= 0.6 is 0 Å². The minimum Gasteiger partial charge on any atom is -0.355 e. The fraction of sp³-hybridized carbons (Fsp3) is 0.227. The quantitative estimate of drug-likeness (QED) is 0.709. The maximum absolute atomic E-state index is 12.8. The van der Waals surface area contributed by atoms with Crippen molar-refractivity contribution in [2.45, 2.75) is 18.9 Å². The van der Waals surface area contributed by atoms with Crippen LogP contribution in [-0.2, 0) is 0 Å². The number of aromatic nitrogens is 2. The lowest BCUT2D eigenvalue weighted by Crippen LogP contribution is -2.34. The third-order valence-electron chi connectivity index (χ3n) is 4.83. The fourth-order valence-electron chi connectivity index (χ4n) is 3.49. The Morgan fingerprint density at radius 3 is 2.39 bits per heavy atom. The molecular weight excluding hydrogens is 350 g/mol. The van der Waals surface area contributed by atoms with Crippen LogP contribution in [0.1, 0.15) is 30.1 Å². The van der Waals surface area contributed by atoms with Crippen molar-refractivity contribution in [1.29, 1.82) is 0 Å². The summed E-state index contributed by atoms with van der Waals surface area (Å²) in [6, 6.07) is 18.6. The van der Waals surface area contributed by atoms with E-state index in [9.17, 15) is 4.79 Å². The summed E-state index contributed by atoms with van der Waals surface area (Å²) in [5.74, 6) is 0.823. The molecule has 2 N–H and O–H groups in total. The number of anilines is 2. The average molecular weight is 373 g/mol. The molecule has 2 aromatic heterocycles. The molecule has 0 unspecified atom stereocenters. The summed E-state index contributed by atoms with van der Waals surface area (Å²) in [6.45, 7) is 1.93. The highest BCUT2D eigenvalue weighted by molar-refractivity contribution is 5.92. The minimum absolute atomic E-state index is 0.284. The van der Waals surface area contributed by atoms with Crippen LogP contribution in [0.15, 0.2) is 73.1 Å². The predicted octanol–water partition coefficient (Wildman–Crippen LogP) is 3.99. The second kappa shape index (κ2) is 8.52. The molecule has 0 bridgehead atoms. The maximum atomic E-state index is 12.8. The van der Waals surface area contributed by atoms with Gasteiger partial charge in [-0.25, -0.2) is 9.78 Å². The van der Waals surface area contributed by atoms with Gasteiger partial charge in [-0.05, 0) is 42.7 Å². The Labute approximate surface area is 164 Å². The lowest BCUT2D eigenvalue weighted by molar-refractivity contribution is 0.250. The van der Waals surface area contributed by atoms with Crippen LogP contribution < -0.4 is 15.5 Å². The standard InChI is InChI=1S/C22H23N5O/c28-22(25-19-12-8-14-24-21(19)27-15-6-7-16-27)26-20(17-9-2-1-3-10-17)18-11-4-5-13-23-18/h1-5,8-14,20H,6-7,15-16H2,(H2,25,26,28)/t20-/m0/s1. The van der Waals surface area contributed by atoms with Gasteiger partial charge in [-0.1, -0.05) is 36.4 Å². The number of amides is 2. The summed E-state index contributed by atoms with van der Waals surface area (Å²) < 4.78 is 0. The third kappa shape index (κ3) is 4.11. The molecule has 1 aliphatic rings. The summed E-state index contributed by atoms with van der Waals surface area (Å²) in [5.41, 5.74) is 2.48. The molecule has 28 heavy (non-hydrogen) atoms. The molecule has 1 saturated heterocycles. The van der Waals surface area contributed by atoms with E-state index in [-0.39, 0.29) is 12.1 Å². The van der Waals surface area contributed by atoms with Crippen molar-refractivity contribution >= 4 is 17.5 Å². The van der Waals surface area contributed by atoms with Gasteiger partial charge in [-0.15, -0.1) is 0 Å². The molecule has 6 nitrogen and oxygen atoms in total. The van der Waals surface area contributed by atoms with Crippen LogP contribution in [0.25, 0.3) is 0 Å². The molecule has 142 valence electrons. The summed E-state index contributed by atoms with van der Waals surface area (Å²) in [5, 5.41) is 6.03. The molecule has 1 fully saturated rings. The molecule has 0 spiro atoms. The number of carbonyl (C=O) groups is 1. The molecule has 1 aromatic carbocycles. The van der Waals surface area contributed by atoms with Gasteiger partial charge in [-0.2, -0.15) is 0 Å². The molecule has 3 aromatic rings. The van der Waals surface area contributed by atoms with E-state index >= 15 is 0 Å². The Kier molecular flexibility index (Phi) is 5.47. The molecule has 0 saturated carbocycles. The normalized spacial score (nSPS) is 14.5. The van der Waals surface area contributed by atoms with Gasteiger partial charge in [0, 0.05) is 25.5 Å². The maximum Gasteiger partial charge on any atom is 0.320 e. The first kappa shape index (κ1) is 18.0. The number of pyridine rings is 2. The van der Waals surface area contributed by atoms with Crippen molar-refractivity contribution in [2.75, 3.05) is 23.3 Å². The van der Waals surface area contributed by atoms with E-state index in [1.165, 1.54) is 0 Å². The molecule has 3 heterocycles. The van der Waals surface area contributed by atoms with Crippen molar-refractivity contribution < 1.29 is 4.79 Å². The van der Waals surface area contributed by atoms with E-state index in [4.69, 9.17) is 0 Å². The van der Waals surface area contributed by atoms with Gasteiger partial charge in [0.2, 0.25) is 0 Å². The van der Waals surface area contributed by atoms with Crippen molar-refractivity contribution in [3.63, 3.8) is 0 Å². The first-order chi connectivity index (χ1) is 13.8. The lowest BCUT2D eigenvalue weighted by atomic mass is 10.0. The molecule has 4 rings (SSSR count). The smallest absolute Gasteiger partial charge is 0.320 e. The SMILES string of the molecule is O=C(Nc1cccnc1N1CCCC1)N[C@@H](c1ccccc1)c1ccccn1. The van der Waals surface area contributed by atoms with Gasteiger partial charge in [0.15, 0.2) is 5.82 Å². The van der Waals surface area contributed by atoms with Gasteiger partial charge in [0.05, 0.1) is 17.4 Å². The summed E-state index contributed by atoms with van der Waals surface area (Å²) in [4.78, 5) is 24.0. The Balaban J connectivity index is 1.54. The first-order valence-corrected chi connectivity index (χ1v) is 9.54. The van der Waals surface area contributed by atoms with Gasteiger partial charge in [0.25, 0.3) is 0 Å². The second-order valence-electron chi connectivity index (χ2n) is 6.77. The molecule has 1 atom stereocenters. The zero-order valence-corrected chi connectivity index (χ0v) is 15.6. The average Bonchev–Trinajstić information content (AvgIpc) is 3.28. The van der Waals surface area contributed by atoms with Crippen molar-refractivity contribution in [3.8, 4) is 0 Å². The van der Waals surface area contributed by atoms with E-state index in [1.54, 1.807) is 12.4 Å². The number of carbonyl (C=O) groups excluding carboxylic acids is 1. The van der Waals surface area contributed by atoms with Gasteiger partial charge >= 0.3 is 6.03 Å². The largest absolute Gasteiger partial charge is 0.355 e. The number of urea groups is 1. The number of hydrogen-bond acceptors (Lipinski definition) is 4. The molecule has 6 heteroatoms. The van der Waals surface area contributed by atoms with Crippen LogP contribution in [0.5, 0.6) is 0 Å². The summed E-state index contributed by atoms with van der Waals surface area (Å²) >= 11 is 0. The zero-order valence-electron chi connectivity index (χ0n) is 15.6. The molecule has 1 aliphatic heterocycles. The highest BCUT2D eigenvalue weighted by atomic mass is 16.2. The van der Waals surface area contributed by atoms with Crippen molar-refractivity contribution in [2.24, 2.45) is 0 Å². The predicted molar refractivity (Wildman–Crippen MR) is 110 cm³/mol. The van der Waals surface area contributed by atoms with Gasteiger partial charge in [0.1, 0.15) is 0 Å². The van der Waals surface area contributed by atoms with Crippen LogP contribution in [0, 0.1) is 0 Å². The minimum atomic E-state index is -0.339. The van der Waals surface area contributed by atoms with E-state index in [1.807, 2.05) is 60.7 Å². The summed E-state index contributed by atoms with van der Waals surface area (Å²) in [6.07, 6.45) is 5.80. The Morgan fingerprint density at radius 1 is 0.893 bits per heavy atom. The highest BCUT2D eigenvalue weighted by Gasteiger charge is 2.21. The lowest BCUT2D eigenvalue weighted by Gasteiger charge is -2.22. The molecule has 0 aliphatic carbocycles.